The van der Waals surface area contributed by atoms with E-state index < -0.39 is 7.92 Å². The molecule has 0 unspecified atom stereocenters. The molecule has 2 nitrogen and oxygen atoms in total. The van der Waals surface area contributed by atoms with Crippen molar-refractivity contribution in [3.63, 3.8) is 0 Å². The zero-order valence-electron chi connectivity index (χ0n) is 20.2. The molecule has 0 radical (unpaired) electrons. The average Bonchev–Trinajstić information content (AvgIpc) is 3.43. The van der Waals surface area contributed by atoms with Gasteiger partial charge in [0.2, 0.25) is 0 Å². The topological polar surface area (TPSA) is 31.6 Å². The van der Waals surface area contributed by atoms with Crippen LogP contribution in [0.5, 0.6) is 0 Å². The summed E-state index contributed by atoms with van der Waals surface area (Å²) in [7, 11) is -0.742. The summed E-state index contributed by atoms with van der Waals surface area (Å²) in [5.74, 6) is 0. The lowest BCUT2D eigenvalue weighted by Gasteiger charge is -2.42. The molecule has 0 atom stereocenters. The van der Waals surface area contributed by atoms with Crippen LogP contribution in [0.25, 0.3) is 10.8 Å². The molecule has 0 aliphatic carbocycles. The van der Waals surface area contributed by atoms with Crippen molar-refractivity contribution >= 4 is 37.5 Å². The predicted octanol–water partition coefficient (Wildman–Crippen LogP) is 7.71. The first kappa shape index (κ1) is 23.3. The molecule has 0 saturated heterocycles. The highest BCUT2D eigenvalue weighted by Gasteiger charge is 2.35. The van der Waals surface area contributed by atoms with Gasteiger partial charge in [0.05, 0.1) is 0 Å². The van der Waals surface area contributed by atoms with Crippen molar-refractivity contribution in [3.05, 3.63) is 84.2 Å². The fraction of sp³-hybridized carbons (Fsp3) is 0.357. The van der Waals surface area contributed by atoms with Crippen molar-refractivity contribution in [2.45, 2.75) is 64.2 Å². The van der Waals surface area contributed by atoms with E-state index in [1.807, 2.05) is 12.4 Å². The van der Waals surface area contributed by atoms with Gasteiger partial charge in [-0.15, -0.1) is 0 Å². The Hall–Kier alpha value is -1.88. The molecule has 2 aromatic carbocycles. The van der Waals surface area contributed by atoms with Crippen LogP contribution in [-0.2, 0) is 12.3 Å². The predicted molar refractivity (Wildman–Crippen MR) is 146 cm³/mol. The second kappa shape index (κ2) is 9.17. The van der Waals surface area contributed by atoms with E-state index in [4.69, 9.17) is 0 Å². The number of nitrogens with one attached hydrogen (secondary N) is 2. The fourth-order valence-electron chi connectivity index (χ4n) is 4.80. The maximum Gasteiger partial charge on any atom is 0.0448 e. The van der Waals surface area contributed by atoms with E-state index in [9.17, 15) is 0 Å². The van der Waals surface area contributed by atoms with E-state index in [-0.39, 0.29) is 7.92 Å². The lowest BCUT2D eigenvalue weighted by Crippen LogP contribution is -2.26. The Labute approximate surface area is 195 Å². The first-order valence-corrected chi connectivity index (χ1v) is 14.5. The van der Waals surface area contributed by atoms with Gasteiger partial charge in [-0.25, -0.2) is 0 Å². The van der Waals surface area contributed by atoms with Crippen LogP contribution >= 0.6 is 15.8 Å². The van der Waals surface area contributed by atoms with Crippen LogP contribution in [0.4, 0.5) is 0 Å². The molecule has 0 amide bonds. The molecule has 4 rings (SSSR count). The number of aromatic nitrogens is 2. The third-order valence-corrected chi connectivity index (χ3v) is 12.4. The van der Waals surface area contributed by atoms with Gasteiger partial charge < -0.3 is 9.97 Å². The summed E-state index contributed by atoms with van der Waals surface area (Å²) in [6, 6.07) is 22.4. The maximum atomic E-state index is 3.50. The average molecular weight is 463 g/mol. The Morgan fingerprint density at radius 3 is 1.78 bits per heavy atom. The standard InChI is InChI=1S/C28H36N2P2/c1-27(2,3)32(28(4,5)6)20-24-22(16-15-21-11-7-8-12-23(21)24)19-31(25-13-9-17-29-25)26-14-10-18-30-26/h7-18,29-30H,19-20H2,1-6H3. The van der Waals surface area contributed by atoms with Crippen LogP contribution in [-0.4, -0.2) is 20.3 Å². The zero-order valence-corrected chi connectivity index (χ0v) is 22.0. The van der Waals surface area contributed by atoms with E-state index in [0.29, 0.717) is 10.3 Å². The molecular weight excluding hydrogens is 426 g/mol. The van der Waals surface area contributed by atoms with Gasteiger partial charge in [-0.2, -0.15) is 0 Å². The number of aromatic amines is 2. The summed E-state index contributed by atoms with van der Waals surface area (Å²) >= 11 is 0. The molecule has 0 fully saturated rings. The molecule has 4 heteroatoms. The molecule has 0 spiro atoms. The monoisotopic (exact) mass is 462 g/mol. The summed E-state index contributed by atoms with van der Waals surface area (Å²) < 4.78 is 0. The molecule has 0 bridgehead atoms. The Morgan fingerprint density at radius 1 is 0.656 bits per heavy atom. The van der Waals surface area contributed by atoms with Crippen LogP contribution in [0, 0.1) is 0 Å². The van der Waals surface area contributed by atoms with Crippen molar-refractivity contribution in [3.8, 4) is 0 Å². The molecule has 0 aliphatic heterocycles. The van der Waals surface area contributed by atoms with E-state index >= 15 is 0 Å². The number of rotatable bonds is 6. The van der Waals surface area contributed by atoms with E-state index in [1.165, 1.54) is 27.2 Å². The second-order valence-electron chi connectivity index (χ2n) is 10.5. The lowest BCUT2D eigenvalue weighted by molar-refractivity contribution is 0.703. The number of fused-ring (bicyclic) bond motifs is 1. The molecule has 0 aliphatic rings. The smallest absolute Gasteiger partial charge is 0.0448 e. The number of hydrogen-bond donors (Lipinski definition) is 2. The number of hydrogen-bond acceptors (Lipinski definition) is 0. The van der Waals surface area contributed by atoms with Gasteiger partial charge in [-0.1, -0.05) is 85.9 Å². The minimum Gasteiger partial charge on any atom is -0.361 e. The molecule has 32 heavy (non-hydrogen) atoms. The highest BCUT2D eigenvalue weighted by Crippen LogP contribution is 2.62. The Bertz CT molecular complexity index is 1100. The van der Waals surface area contributed by atoms with Crippen LogP contribution in [0.3, 0.4) is 0 Å². The molecule has 168 valence electrons. The van der Waals surface area contributed by atoms with Gasteiger partial charge in [0, 0.05) is 29.4 Å². The largest absolute Gasteiger partial charge is 0.361 e. The Morgan fingerprint density at radius 2 is 1.25 bits per heavy atom. The van der Waals surface area contributed by atoms with Gasteiger partial charge in [0.1, 0.15) is 0 Å². The normalized spacial score (nSPS) is 12.9. The minimum atomic E-state index is -0.510. The van der Waals surface area contributed by atoms with Gasteiger partial charge in [0.15, 0.2) is 0 Å². The molecule has 2 aromatic heterocycles. The summed E-state index contributed by atoms with van der Waals surface area (Å²) in [6.07, 6.45) is 6.31. The number of benzene rings is 2. The van der Waals surface area contributed by atoms with Crippen molar-refractivity contribution in [1.29, 1.82) is 0 Å². The third kappa shape index (κ3) is 5.03. The molecular formula is C28H36N2P2. The maximum absolute atomic E-state index is 3.50. The van der Waals surface area contributed by atoms with Crippen molar-refractivity contribution < 1.29 is 0 Å². The van der Waals surface area contributed by atoms with Crippen LogP contribution in [0.2, 0.25) is 0 Å². The first-order valence-electron chi connectivity index (χ1n) is 11.5. The summed E-state index contributed by atoms with van der Waals surface area (Å²) in [6.45, 7) is 14.6. The van der Waals surface area contributed by atoms with Gasteiger partial charge in [0.25, 0.3) is 0 Å². The van der Waals surface area contributed by atoms with Crippen LogP contribution in [0.1, 0.15) is 52.7 Å². The summed E-state index contributed by atoms with van der Waals surface area (Å²) in [5.41, 5.74) is 5.72. The van der Waals surface area contributed by atoms with Crippen molar-refractivity contribution in [1.82, 2.24) is 9.97 Å². The summed E-state index contributed by atoms with van der Waals surface area (Å²) in [4.78, 5) is 7.01. The fourth-order valence-corrected chi connectivity index (χ4v) is 10.7. The van der Waals surface area contributed by atoms with Crippen LogP contribution in [0.15, 0.2) is 73.1 Å². The van der Waals surface area contributed by atoms with Gasteiger partial charge in [-0.05, 0) is 70.6 Å². The summed E-state index contributed by atoms with van der Waals surface area (Å²) in [5, 5.41) is 3.38. The van der Waals surface area contributed by atoms with Gasteiger partial charge >= 0.3 is 0 Å². The number of H-pyrrole nitrogens is 2. The molecule has 2 N–H and O–H groups in total. The molecule has 4 aromatic rings. The SMILES string of the molecule is CC(C)(C)P(Cc1c(CP(c2ccc[nH]2)c2ccc[nH]2)ccc2ccccc12)C(C)(C)C. The third-order valence-electron chi connectivity index (χ3n) is 6.15. The first-order chi connectivity index (χ1) is 15.1. The zero-order chi connectivity index (χ0) is 22.9. The highest BCUT2D eigenvalue weighted by molar-refractivity contribution is 7.71. The second-order valence-corrected chi connectivity index (χ2v) is 16.5. The van der Waals surface area contributed by atoms with Gasteiger partial charge in [-0.3, -0.25) is 0 Å². The Kier molecular flexibility index (Phi) is 6.67. The quantitative estimate of drug-likeness (QED) is 0.275. The van der Waals surface area contributed by atoms with E-state index in [1.54, 1.807) is 5.56 Å². The van der Waals surface area contributed by atoms with Crippen LogP contribution < -0.4 is 10.9 Å². The lowest BCUT2D eigenvalue weighted by atomic mass is 10.0. The highest BCUT2D eigenvalue weighted by atomic mass is 31.1. The van der Waals surface area contributed by atoms with E-state index in [0.717, 1.165) is 12.3 Å². The van der Waals surface area contributed by atoms with Crippen molar-refractivity contribution in [2.24, 2.45) is 0 Å². The minimum absolute atomic E-state index is 0.232. The molecule has 2 heterocycles. The molecule has 0 saturated carbocycles. The van der Waals surface area contributed by atoms with Crippen molar-refractivity contribution in [2.75, 3.05) is 0 Å². The Balaban J connectivity index is 1.83. The van der Waals surface area contributed by atoms with E-state index in [2.05, 4.69) is 112 Å².